The lowest BCUT2D eigenvalue weighted by Gasteiger charge is -2.27. The number of esters is 1. The van der Waals surface area contributed by atoms with Crippen molar-refractivity contribution in [1.29, 1.82) is 0 Å². The summed E-state index contributed by atoms with van der Waals surface area (Å²) in [7, 11) is 1.64. The summed E-state index contributed by atoms with van der Waals surface area (Å²) in [5, 5.41) is 18.2. The average molecular weight is 984 g/mol. The average Bonchev–Trinajstić information content (AvgIpc) is 3.90. The smallest absolute Gasteiger partial charge is 0.508 e. The van der Waals surface area contributed by atoms with Crippen LogP contribution in [0.3, 0.4) is 0 Å². The van der Waals surface area contributed by atoms with Gasteiger partial charge in [0.1, 0.15) is 23.0 Å². The standard InChI is InChI=1S/C27H22N2O6.C17H12N2O4.C8H4Cl2O2/c1-17(30)18-3-5-19(6-4-18)26(31)33-23-8-10-25-21(14-23)16-29-12-11-28-15-20-13-22(32-2)7-9-24(20)34-27(28,29)35-25;20-13-1-3-15-11(7-13)9-18-5-6-19-10-12-8-14(21)2-4-16(12)23-17(18,19)22-15;9-7(11)5-1-2-6(4-3-5)8(10)12/h3-10,13-16H,11-12H2,1-2H3;1-4,7-10H,5-6H2;1-4H/q+2;;/p+2. The summed E-state index contributed by atoms with van der Waals surface area (Å²) in [4.78, 5) is 45.2. The Morgan fingerprint density at radius 1 is 0.486 bits per heavy atom. The zero-order valence-corrected chi connectivity index (χ0v) is 38.7. The van der Waals surface area contributed by atoms with Crippen molar-refractivity contribution in [3.63, 3.8) is 0 Å². The molecule has 2 fully saturated rings. The predicted molar refractivity (Wildman–Crippen MR) is 253 cm³/mol. The quantitative estimate of drug-likeness (QED) is 0.0602. The molecule has 0 radical (unpaired) electrons. The number of halogens is 2. The molecule has 6 aliphatic rings. The van der Waals surface area contributed by atoms with Crippen molar-refractivity contribution in [3.05, 3.63) is 166 Å². The molecule has 18 heteroatoms. The van der Waals surface area contributed by atoms with Crippen molar-refractivity contribution in [2.24, 2.45) is 0 Å². The van der Waals surface area contributed by atoms with E-state index in [0.717, 1.165) is 41.1 Å². The lowest BCUT2D eigenvalue weighted by atomic mass is 10.1. The van der Waals surface area contributed by atoms with Gasteiger partial charge in [-0.3, -0.25) is 14.4 Å². The fourth-order valence-electron chi connectivity index (χ4n) is 8.50. The number of carbonyl (C=O) groups is 4. The Morgan fingerprint density at radius 3 is 1.21 bits per heavy atom. The lowest BCUT2D eigenvalue weighted by Crippen LogP contribution is -2.59. The molecule has 1 unspecified atom stereocenters. The number of carbonyl (C=O) groups excluding carboxylic acids is 4. The molecular formula is C52H40Cl2N4O12+4. The van der Waals surface area contributed by atoms with Crippen molar-refractivity contribution in [1.82, 2.24) is 0 Å². The van der Waals surface area contributed by atoms with Gasteiger partial charge in [-0.2, -0.15) is 0 Å². The van der Waals surface area contributed by atoms with Crippen LogP contribution in [0.1, 0.15) is 70.6 Å². The van der Waals surface area contributed by atoms with Gasteiger partial charge in [0.15, 0.2) is 53.6 Å². The number of phenolic OH excluding ortho intramolecular Hbond substituents is 2. The van der Waals surface area contributed by atoms with Crippen molar-refractivity contribution >= 4 is 70.3 Å². The highest BCUT2D eigenvalue weighted by Crippen LogP contribution is 2.40. The largest absolute Gasteiger partial charge is 0.704 e. The second kappa shape index (κ2) is 18.0. The van der Waals surface area contributed by atoms with E-state index in [1.54, 1.807) is 86.0 Å². The Morgan fingerprint density at radius 2 is 0.829 bits per heavy atom. The van der Waals surface area contributed by atoms with Gasteiger partial charge < -0.3 is 38.6 Å². The number of nitrogens with zero attached hydrogens (tertiary/aromatic N) is 4. The minimum absolute atomic E-state index is 0.0591. The topological polar surface area (TPSA) is 176 Å². The van der Waals surface area contributed by atoms with Gasteiger partial charge in [0.25, 0.3) is 10.5 Å². The summed E-state index contributed by atoms with van der Waals surface area (Å²) >= 11 is 10.4. The summed E-state index contributed by atoms with van der Waals surface area (Å²) < 4.78 is 44.0. The number of aromatic hydroxyl groups is 2. The first-order valence-corrected chi connectivity index (χ1v) is 22.5. The van der Waals surface area contributed by atoms with Crippen LogP contribution in [0.25, 0.3) is 0 Å². The first-order valence-electron chi connectivity index (χ1n) is 21.7. The number of Topliss-reactive ketones (excluding diaryl/α,β-unsaturated/α-hetero) is 1. The van der Waals surface area contributed by atoms with Gasteiger partial charge in [-0.05, 0) is 139 Å². The molecule has 70 heavy (non-hydrogen) atoms. The highest BCUT2D eigenvalue weighted by atomic mass is 35.5. The molecule has 0 amide bonds. The molecule has 0 bridgehead atoms. The number of fused-ring (bicyclic) bond motifs is 4. The summed E-state index contributed by atoms with van der Waals surface area (Å²) in [6.07, 6.45) is 7.86. The fraction of sp³-hybridized carbons (Fsp3) is 0.154. The Hall–Kier alpha value is -8.34. The summed E-state index contributed by atoms with van der Waals surface area (Å²) in [5.41, 5.74) is 4.93. The number of benzene rings is 6. The summed E-state index contributed by atoms with van der Waals surface area (Å²) in [6.45, 7) is 4.33. The van der Waals surface area contributed by atoms with Crippen LogP contribution in [0.15, 0.2) is 121 Å². The van der Waals surface area contributed by atoms with Gasteiger partial charge in [-0.15, -0.1) is 0 Å². The van der Waals surface area contributed by atoms with Crippen LogP contribution in [0, 0.1) is 0 Å². The van der Waals surface area contributed by atoms with E-state index in [-0.39, 0.29) is 17.3 Å². The monoisotopic (exact) mass is 982 g/mol. The second-order valence-corrected chi connectivity index (χ2v) is 17.2. The maximum absolute atomic E-state index is 12.6. The van der Waals surface area contributed by atoms with E-state index in [0.29, 0.717) is 64.1 Å². The summed E-state index contributed by atoms with van der Waals surface area (Å²) in [5.74, 6) is 3.62. The van der Waals surface area contributed by atoms with Crippen LogP contribution in [0.4, 0.5) is 0 Å². The van der Waals surface area contributed by atoms with Crippen molar-refractivity contribution in [2.45, 2.75) is 19.0 Å². The number of ether oxygens (including phenoxy) is 6. The first kappa shape index (κ1) is 45.4. The molecule has 0 aromatic heterocycles. The molecular weight excluding hydrogens is 943 g/mol. The van der Waals surface area contributed by atoms with Crippen LogP contribution >= 0.6 is 23.2 Å². The maximum atomic E-state index is 12.6. The molecule has 6 aromatic rings. The van der Waals surface area contributed by atoms with Gasteiger partial charge in [0.05, 0.1) is 34.9 Å². The van der Waals surface area contributed by atoms with Gasteiger partial charge in [0.2, 0.25) is 26.2 Å². The van der Waals surface area contributed by atoms with Crippen LogP contribution < -0.4 is 28.4 Å². The minimum Gasteiger partial charge on any atom is -0.508 e. The normalized spacial score (nSPS) is 17.4. The number of ketones is 1. The molecule has 6 aromatic carbocycles. The maximum Gasteiger partial charge on any atom is 0.704 e. The first-order chi connectivity index (χ1) is 33.7. The SMILES string of the molecule is COc1ccc2c(c1)C=[N+]1CC[N+]3=Cc4cc(OC(=O)c5ccc(C(C)=O)cc5)ccc4OC13O2.O=C(Cl)c1ccc(C(=O)Cl)cc1.Oc1ccc2c(c1)C=[N+]1CC[N+]3=Cc4cc(O)ccc4OC13O2. The zero-order chi connectivity index (χ0) is 48.9. The van der Waals surface area contributed by atoms with E-state index < -0.39 is 28.5 Å². The molecule has 2 saturated heterocycles. The highest BCUT2D eigenvalue weighted by molar-refractivity contribution is 6.68. The van der Waals surface area contributed by atoms with Crippen LogP contribution in [-0.4, -0.2) is 121 Å². The number of hydrogen-bond donors (Lipinski definition) is 2. The van der Waals surface area contributed by atoms with Gasteiger partial charge in [-0.25, -0.2) is 4.79 Å². The van der Waals surface area contributed by atoms with E-state index >= 15 is 0 Å². The third-order valence-electron chi connectivity index (χ3n) is 12.0. The molecule has 6 heterocycles. The van der Waals surface area contributed by atoms with E-state index in [4.69, 9.17) is 51.6 Å². The summed E-state index contributed by atoms with van der Waals surface area (Å²) in [6, 6.07) is 30.9. The fourth-order valence-corrected chi connectivity index (χ4v) is 8.75. The molecule has 2 N–H and O–H groups in total. The Balaban J connectivity index is 0.000000138. The third kappa shape index (κ3) is 8.47. The van der Waals surface area contributed by atoms with E-state index in [9.17, 15) is 29.4 Å². The lowest BCUT2D eigenvalue weighted by molar-refractivity contribution is -0.855. The molecule has 1 atom stereocenters. The van der Waals surface area contributed by atoms with Crippen molar-refractivity contribution < 1.29 is 76.1 Å². The zero-order valence-electron chi connectivity index (χ0n) is 37.2. The molecule has 0 aliphatic carbocycles. The van der Waals surface area contributed by atoms with Gasteiger partial charge >= 0.3 is 18.0 Å². The molecule has 16 nitrogen and oxygen atoms in total. The number of phenols is 2. The predicted octanol–water partition coefficient (Wildman–Crippen LogP) is 6.60. The van der Waals surface area contributed by atoms with Crippen LogP contribution in [0.5, 0.6) is 46.0 Å². The number of hydrogen-bond acceptors (Lipinski definition) is 12. The van der Waals surface area contributed by atoms with Crippen molar-refractivity contribution in [3.8, 4) is 46.0 Å². The Bertz CT molecular complexity index is 3220. The Kier molecular flexibility index (Phi) is 11.7. The van der Waals surface area contributed by atoms with Crippen LogP contribution in [0.2, 0.25) is 0 Å². The number of methoxy groups -OCH3 is 1. The van der Waals surface area contributed by atoms with Crippen LogP contribution in [-0.2, 0) is 0 Å². The second-order valence-electron chi connectivity index (χ2n) is 16.5. The minimum atomic E-state index is -1.11. The van der Waals surface area contributed by atoms with E-state index in [1.807, 2.05) is 61.4 Å². The molecule has 12 rings (SSSR count). The molecule has 0 saturated carbocycles. The van der Waals surface area contributed by atoms with Gasteiger partial charge in [0, 0.05) is 16.7 Å². The number of rotatable bonds is 6. The third-order valence-corrected chi connectivity index (χ3v) is 12.5. The molecule has 6 aliphatic heterocycles. The van der Waals surface area contributed by atoms with Crippen molar-refractivity contribution in [2.75, 3.05) is 33.3 Å². The molecule has 2 spiro atoms. The van der Waals surface area contributed by atoms with E-state index in [2.05, 4.69) is 0 Å². The van der Waals surface area contributed by atoms with Gasteiger partial charge in [-0.1, -0.05) is 30.4 Å². The molecule has 350 valence electrons. The Labute approximate surface area is 408 Å². The highest BCUT2D eigenvalue weighted by Gasteiger charge is 2.69. The van der Waals surface area contributed by atoms with E-state index in [1.165, 1.54) is 31.2 Å².